The Bertz CT molecular complexity index is 548. The third-order valence-corrected chi connectivity index (χ3v) is 4.91. The maximum absolute atomic E-state index is 12.6. The van der Waals surface area contributed by atoms with Crippen molar-refractivity contribution in [3.63, 3.8) is 0 Å². The van der Waals surface area contributed by atoms with Gasteiger partial charge in [-0.25, -0.2) is 4.79 Å². The number of likely N-dealkylation sites (tertiary alicyclic amines) is 1. The van der Waals surface area contributed by atoms with Crippen molar-refractivity contribution in [3.8, 4) is 0 Å². The van der Waals surface area contributed by atoms with Gasteiger partial charge in [0, 0.05) is 23.7 Å². The molecule has 3 atom stereocenters. The lowest BCUT2D eigenvalue weighted by atomic mass is 9.88. The Morgan fingerprint density at radius 1 is 1.30 bits per heavy atom. The molecule has 6 nitrogen and oxygen atoms in total. The van der Waals surface area contributed by atoms with E-state index in [1.54, 1.807) is 27.7 Å². The number of ether oxygens (including phenoxy) is 1. The highest BCUT2D eigenvalue weighted by molar-refractivity contribution is 5.85. The minimum absolute atomic E-state index is 0.00617. The molecule has 27 heavy (non-hydrogen) atoms. The molecular formula is C21H39N3O3. The number of nitrogens with zero attached hydrogens (tertiary/aromatic N) is 1. The number of rotatable bonds is 6. The van der Waals surface area contributed by atoms with E-state index in [1.807, 2.05) is 6.08 Å². The van der Waals surface area contributed by atoms with E-state index in [0.717, 1.165) is 25.8 Å². The molecule has 1 heterocycles. The quantitative estimate of drug-likeness (QED) is 0.690. The smallest absolute Gasteiger partial charge is 0.408 e. The second kappa shape index (κ2) is 8.63. The summed E-state index contributed by atoms with van der Waals surface area (Å²) >= 11 is 0. The predicted octanol–water partition coefficient (Wildman–Crippen LogP) is 3.61. The number of carbonyl (C=O) groups excluding carboxylic acids is 2. The van der Waals surface area contributed by atoms with Crippen LogP contribution in [-0.4, -0.2) is 52.2 Å². The lowest BCUT2D eigenvalue weighted by Crippen LogP contribution is -2.52. The summed E-state index contributed by atoms with van der Waals surface area (Å²) in [6.45, 7) is 20.6. The summed E-state index contributed by atoms with van der Waals surface area (Å²) in [5, 5.41) is 5.71. The summed E-state index contributed by atoms with van der Waals surface area (Å²) in [5.41, 5.74) is -0.575. The van der Waals surface area contributed by atoms with Crippen LogP contribution in [0.3, 0.4) is 0 Å². The lowest BCUT2D eigenvalue weighted by Gasteiger charge is -2.44. The fourth-order valence-corrected chi connectivity index (χ4v) is 3.85. The summed E-state index contributed by atoms with van der Waals surface area (Å²) in [7, 11) is 0. The summed E-state index contributed by atoms with van der Waals surface area (Å²) in [6, 6.07) is -0.600. The molecule has 0 aliphatic carbocycles. The first-order valence-corrected chi connectivity index (χ1v) is 9.86. The first-order valence-electron chi connectivity index (χ1n) is 9.86. The van der Waals surface area contributed by atoms with E-state index < -0.39 is 17.7 Å². The van der Waals surface area contributed by atoms with Crippen LogP contribution in [0, 0.1) is 0 Å². The highest BCUT2D eigenvalue weighted by Crippen LogP contribution is 2.38. The molecule has 156 valence electrons. The van der Waals surface area contributed by atoms with Gasteiger partial charge in [0.1, 0.15) is 11.6 Å². The molecule has 1 rings (SSSR count). The number of allylic oxidation sites excluding steroid dienone is 1. The van der Waals surface area contributed by atoms with E-state index in [-0.39, 0.29) is 23.0 Å². The van der Waals surface area contributed by atoms with Gasteiger partial charge in [-0.3, -0.25) is 9.69 Å². The van der Waals surface area contributed by atoms with Crippen LogP contribution < -0.4 is 10.6 Å². The molecule has 1 saturated heterocycles. The monoisotopic (exact) mass is 381 g/mol. The largest absolute Gasteiger partial charge is 0.444 e. The van der Waals surface area contributed by atoms with E-state index >= 15 is 0 Å². The summed E-state index contributed by atoms with van der Waals surface area (Å²) in [6.07, 6.45) is 4.20. The Labute approximate surface area is 165 Å². The molecule has 6 heteroatoms. The van der Waals surface area contributed by atoms with E-state index in [1.165, 1.54) is 0 Å². The molecule has 3 unspecified atom stereocenters. The van der Waals surface area contributed by atoms with E-state index in [9.17, 15) is 9.59 Å². The van der Waals surface area contributed by atoms with Crippen molar-refractivity contribution < 1.29 is 14.3 Å². The predicted molar refractivity (Wildman–Crippen MR) is 110 cm³/mol. The average Bonchev–Trinajstić information content (AvgIpc) is 2.80. The van der Waals surface area contributed by atoms with Gasteiger partial charge in [0.2, 0.25) is 5.91 Å². The molecule has 1 aliphatic rings. The molecule has 0 bridgehead atoms. The molecule has 0 aromatic heterocycles. The molecular weight excluding hydrogens is 342 g/mol. The van der Waals surface area contributed by atoms with Gasteiger partial charge in [0.25, 0.3) is 0 Å². The number of hydrogen-bond acceptors (Lipinski definition) is 4. The zero-order chi connectivity index (χ0) is 21.0. The zero-order valence-electron chi connectivity index (χ0n) is 18.4. The number of amides is 2. The Hall–Kier alpha value is -1.56. The zero-order valence-corrected chi connectivity index (χ0v) is 18.4. The highest BCUT2D eigenvalue weighted by Gasteiger charge is 2.46. The van der Waals surface area contributed by atoms with Gasteiger partial charge in [-0.2, -0.15) is 0 Å². The number of carbonyl (C=O) groups is 2. The lowest BCUT2D eigenvalue weighted by molar-refractivity contribution is -0.123. The minimum atomic E-state index is -0.650. The molecule has 1 aliphatic heterocycles. The SMILES string of the molecule is C=CCCC1(C)CC(NC(=O)C(C)NC(=O)OC(C)(C)C)CN1C(C)(C)C. The van der Waals surface area contributed by atoms with E-state index in [2.05, 4.69) is 49.8 Å². The Morgan fingerprint density at radius 2 is 1.89 bits per heavy atom. The van der Waals surface area contributed by atoms with Crippen molar-refractivity contribution in [2.75, 3.05) is 6.54 Å². The first kappa shape index (κ1) is 23.5. The van der Waals surface area contributed by atoms with Crippen molar-refractivity contribution >= 4 is 12.0 Å². The third kappa shape index (κ3) is 7.17. The highest BCUT2D eigenvalue weighted by atomic mass is 16.6. The van der Waals surface area contributed by atoms with Gasteiger partial charge in [-0.1, -0.05) is 6.08 Å². The Morgan fingerprint density at radius 3 is 2.37 bits per heavy atom. The molecule has 0 spiro atoms. The summed E-state index contributed by atoms with van der Waals surface area (Å²) < 4.78 is 5.22. The molecule has 2 amide bonds. The van der Waals surface area contributed by atoms with Crippen LogP contribution >= 0.6 is 0 Å². The van der Waals surface area contributed by atoms with Gasteiger partial charge >= 0.3 is 6.09 Å². The van der Waals surface area contributed by atoms with Crippen molar-refractivity contribution in [3.05, 3.63) is 12.7 Å². The number of nitrogens with one attached hydrogen (secondary N) is 2. The molecule has 0 aromatic rings. The van der Waals surface area contributed by atoms with Crippen molar-refractivity contribution in [2.45, 2.75) is 103 Å². The number of alkyl carbamates (subject to hydrolysis) is 1. The summed E-state index contributed by atoms with van der Waals surface area (Å²) in [4.78, 5) is 26.9. The minimum Gasteiger partial charge on any atom is -0.444 e. The van der Waals surface area contributed by atoms with Crippen LogP contribution in [0.25, 0.3) is 0 Å². The second-order valence-corrected chi connectivity index (χ2v) is 9.88. The van der Waals surface area contributed by atoms with Crippen molar-refractivity contribution in [1.29, 1.82) is 0 Å². The molecule has 2 N–H and O–H groups in total. The summed E-state index contributed by atoms with van der Waals surface area (Å²) in [5.74, 6) is -0.187. The molecule has 0 radical (unpaired) electrons. The van der Waals surface area contributed by atoms with Gasteiger partial charge in [0.15, 0.2) is 0 Å². The van der Waals surface area contributed by atoms with Gasteiger partial charge in [0.05, 0.1) is 0 Å². The maximum atomic E-state index is 12.6. The topological polar surface area (TPSA) is 70.7 Å². The third-order valence-electron chi connectivity index (χ3n) is 4.91. The maximum Gasteiger partial charge on any atom is 0.408 e. The molecule has 0 saturated carbocycles. The Balaban J connectivity index is 2.71. The normalized spacial score (nSPS) is 25.0. The second-order valence-electron chi connectivity index (χ2n) is 9.88. The standard InChI is InChI=1S/C21H39N3O3/c1-10-11-12-21(9)13-16(14-24(21)19(3,4)5)23-17(25)15(2)22-18(26)27-20(6,7)8/h10,15-16H,1,11-14H2,2-9H3,(H,22,26)(H,23,25). The Kier molecular flexibility index (Phi) is 7.51. The number of hydrogen-bond donors (Lipinski definition) is 2. The van der Waals surface area contributed by atoms with Crippen LogP contribution in [0.2, 0.25) is 0 Å². The molecule has 1 fully saturated rings. The van der Waals surface area contributed by atoms with Crippen LogP contribution in [0.1, 0.15) is 74.7 Å². The van der Waals surface area contributed by atoms with Crippen LogP contribution in [0.4, 0.5) is 4.79 Å². The molecule has 0 aromatic carbocycles. The first-order chi connectivity index (χ1) is 12.2. The fourth-order valence-electron chi connectivity index (χ4n) is 3.85. The van der Waals surface area contributed by atoms with E-state index in [0.29, 0.717) is 0 Å². The van der Waals surface area contributed by atoms with Gasteiger partial charge in [-0.15, -0.1) is 6.58 Å². The van der Waals surface area contributed by atoms with Crippen molar-refractivity contribution in [1.82, 2.24) is 15.5 Å². The van der Waals surface area contributed by atoms with Crippen LogP contribution in [-0.2, 0) is 9.53 Å². The van der Waals surface area contributed by atoms with Crippen LogP contribution in [0.5, 0.6) is 0 Å². The van der Waals surface area contributed by atoms with Crippen molar-refractivity contribution in [2.24, 2.45) is 0 Å². The average molecular weight is 382 g/mol. The van der Waals surface area contributed by atoms with Gasteiger partial charge < -0.3 is 15.4 Å². The van der Waals surface area contributed by atoms with Crippen LogP contribution in [0.15, 0.2) is 12.7 Å². The van der Waals surface area contributed by atoms with Gasteiger partial charge in [-0.05, 0) is 74.7 Å². The van der Waals surface area contributed by atoms with E-state index in [4.69, 9.17) is 4.74 Å². The fraction of sp³-hybridized carbons (Fsp3) is 0.810.